The first-order valence-electron chi connectivity index (χ1n) is 9.46. The van der Waals surface area contributed by atoms with Crippen LogP contribution in [0.4, 0.5) is 10.1 Å². The van der Waals surface area contributed by atoms with Crippen molar-refractivity contribution in [2.45, 2.75) is 31.3 Å². The highest BCUT2D eigenvalue weighted by atomic mass is 19.1. The summed E-state index contributed by atoms with van der Waals surface area (Å²) in [6.45, 7) is 2.81. The number of methoxy groups -OCH3 is 1. The van der Waals surface area contributed by atoms with Crippen LogP contribution in [0.15, 0.2) is 36.7 Å². The summed E-state index contributed by atoms with van der Waals surface area (Å²) in [5.41, 5.74) is 0.910. The average Bonchev–Trinajstić information content (AvgIpc) is 3.19. The predicted octanol–water partition coefficient (Wildman–Crippen LogP) is 2.95. The molecule has 2 aliphatic rings. The van der Waals surface area contributed by atoms with Gasteiger partial charge in [-0.2, -0.15) is 5.10 Å². The Morgan fingerprint density at radius 1 is 1.41 bits per heavy atom. The molecule has 1 N–H and O–H groups in total. The van der Waals surface area contributed by atoms with Crippen molar-refractivity contribution in [3.8, 4) is 0 Å². The Bertz CT molecular complexity index is 805. The molecule has 6 nitrogen and oxygen atoms in total. The number of halogens is 1. The molecular formula is C20H25FN4O2. The summed E-state index contributed by atoms with van der Waals surface area (Å²) < 4.78 is 20.6. The molecule has 0 bridgehead atoms. The topological polar surface area (TPSA) is 59.4 Å². The summed E-state index contributed by atoms with van der Waals surface area (Å²) in [5.74, 6) is 0.0687. The van der Waals surface area contributed by atoms with Gasteiger partial charge in [0.2, 0.25) is 0 Å². The number of ether oxygens (including phenoxy) is 1. The van der Waals surface area contributed by atoms with E-state index in [2.05, 4.69) is 15.3 Å². The maximum atomic E-state index is 13.3. The summed E-state index contributed by atoms with van der Waals surface area (Å²) in [6, 6.07) is 6.33. The second-order valence-electron chi connectivity index (χ2n) is 7.57. The first kappa shape index (κ1) is 18.1. The monoisotopic (exact) mass is 372 g/mol. The van der Waals surface area contributed by atoms with Gasteiger partial charge in [0.25, 0.3) is 5.91 Å². The van der Waals surface area contributed by atoms with Crippen LogP contribution >= 0.6 is 0 Å². The molecule has 144 valence electrons. The molecule has 2 aromatic rings. The molecule has 1 aliphatic heterocycles. The third-order valence-corrected chi connectivity index (χ3v) is 5.37. The molecule has 1 saturated heterocycles. The van der Waals surface area contributed by atoms with Crippen LogP contribution in [0, 0.1) is 11.7 Å². The van der Waals surface area contributed by atoms with E-state index in [-0.39, 0.29) is 11.9 Å². The van der Waals surface area contributed by atoms with E-state index in [1.165, 1.54) is 31.0 Å². The van der Waals surface area contributed by atoms with Gasteiger partial charge < -0.3 is 10.1 Å². The minimum atomic E-state index is -0.427. The Labute approximate surface area is 158 Å². The fraction of sp³-hybridized carbons (Fsp3) is 0.500. The van der Waals surface area contributed by atoms with Gasteiger partial charge in [0.1, 0.15) is 5.82 Å². The van der Waals surface area contributed by atoms with Gasteiger partial charge in [0, 0.05) is 38.0 Å². The van der Waals surface area contributed by atoms with Crippen molar-refractivity contribution in [2.24, 2.45) is 5.92 Å². The number of carbonyl (C=O) groups is 1. The van der Waals surface area contributed by atoms with E-state index in [4.69, 9.17) is 4.74 Å². The molecule has 0 spiro atoms. The van der Waals surface area contributed by atoms with Crippen molar-refractivity contribution in [2.75, 3.05) is 32.1 Å². The van der Waals surface area contributed by atoms with Crippen LogP contribution < -0.4 is 5.32 Å². The second-order valence-corrected chi connectivity index (χ2v) is 7.57. The Kier molecular flexibility index (Phi) is 5.22. The molecule has 7 heteroatoms. The van der Waals surface area contributed by atoms with Crippen molar-refractivity contribution < 1.29 is 13.9 Å². The lowest BCUT2D eigenvalue weighted by Gasteiger charge is -2.23. The Morgan fingerprint density at radius 2 is 2.26 bits per heavy atom. The molecule has 27 heavy (non-hydrogen) atoms. The van der Waals surface area contributed by atoms with Gasteiger partial charge in [-0.1, -0.05) is 6.07 Å². The van der Waals surface area contributed by atoms with Crippen molar-refractivity contribution in [1.29, 1.82) is 0 Å². The molecule has 0 radical (unpaired) electrons. The SMILES string of the molecule is COC[C@@H]1C[C@H](n2cc(NC(=O)c3cccc(F)c3)cn2)CN1CC1CC1. The summed E-state index contributed by atoms with van der Waals surface area (Å²) >= 11 is 0. The molecule has 4 rings (SSSR count). The molecule has 1 amide bonds. The summed E-state index contributed by atoms with van der Waals surface area (Å²) in [6.07, 6.45) is 7.15. The zero-order valence-electron chi connectivity index (χ0n) is 15.5. The second kappa shape index (κ2) is 7.78. The highest BCUT2D eigenvalue weighted by molar-refractivity contribution is 6.04. The number of benzene rings is 1. The number of rotatable bonds is 7. The van der Waals surface area contributed by atoms with E-state index in [0.29, 0.717) is 17.3 Å². The van der Waals surface area contributed by atoms with E-state index >= 15 is 0 Å². The van der Waals surface area contributed by atoms with E-state index < -0.39 is 5.82 Å². The molecule has 2 atom stereocenters. The van der Waals surface area contributed by atoms with Crippen LogP contribution in [0.2, 0.25) is 0 Å². The highest BCUT2D eigenvalue weighted by Crippen LogP contribution is 2.35. The average molecular weight is 372 g/mol. The molecule has 0 unspecified atom stereocenters. The van der Waals surface area contributed by atoms with Gasteiger partial charge >= 0.3 is 0 Å². The first-order chi connectivity index (χ1) is 13.1. The quantitative estimate of drug-likeness (QED) is 0.812. The molecule has 2 heterocycles. The molecule has 2 fully saturated rings. The smallest absolute Gasteiger partial charge is 0.255 e. The zero-order chi connectivity index (χ0) is 18.8. The molecule has 1 aromatic carbocycles. The number of hydrogen-bond donors (Lipinski definition) is 1. The summed E-state index contributed by atoms with van der Waals surface area (Å²) in [7, 11) is 1.75. The van der Waals surface area contributed by atoms with Crippen molar-refractivity contribution >= 4 is 11.6 Å². The molecule has 1 aliphatic carbocycles. The lowest BCUT2D eigenvalue weighted by molar-refractivity contribution is 0.102. The Balaban J connectivity index is 1.40. The van der Waals surface area contributed by atoms with E-state index in [0.717, 1.165) is 32.0 Å². The molecule has 1 saturated carbocycles. The van der Waals surface area contributed by atoms with Gasteiger partial charge in [-0.15, -0.1) is 0 Å². The fourth-order valence-corrected chi connectivity index (χ4v) is 3.81. The van der Waals surface area contributed by atoms with Gasteiger partial charge in [-0.25, -0.2) is 4.39 Å². The van der Waals surface area contributed by atoms with Gasteiger partial charge in [0.15, 0.2) is 0 Å². The number of anilines is 1. The normalized spacial score (nSPS) is 22.9. The maximum absolute atomic E-state index is 13.3. The number of hydrogen-bond acceptors (Lipinski definition) is 4. The number of nitrogens with zero attached hydrogens (tertiary/aromatic N) is 3. The predicted molar refractivity (Wildman–Crippen MR) is 100 cm³/mol. The number of amides is 1. The van der Waals surface area contributed by atoms with Crippen LogP contribution in [0.3, 0.4) is 0 Å². The van der Waals surface area contributed by atoms with Crippen LogP contribution in [0.25, 0.3) is 0 Å². The molecular weight excluding hydrogens is 347 g/mol. The molecule has 1 aromatic heterocycles. The highest BCUT2D eigenvalue weighted by Gasteiger charge is 2.36. The van der Waals surface area contributed by atoms with Crippen LogP contribution in [-0.4, -0.2) is 53.4 Å². The van der Waals surface area contributed by atoms with Crippen LogP contribution in [0.1, 0.15) is 35.7 Å². The lowest BCUT2D eigenvalue weighted by atomic mass is 10.2. The zero-order valence-corrected chi connectivity index (χ0v) is 15.5. The lowest BCUT2D eigenvalue weighted by Crippen LogP contribution is -2.34. The van der Waals surface area contributed by atoms with E-state index in [1.807, 2.05) is 10.9 Å². The summed E-state index contributed by atoms with van der Waals surface area (Å²) in [4.78, 5) is 14.8. The van der Waals surface area contributed by atoms with Gasteiger partial charge in [0.05, 0.1) is 24.5 Å². The van der Waals surface area contributed by atoms with Crippen molar-refractivity contribution in [3.63, 3.8) is 0 Å². The number of aromatic nitrogens is 2. The van der Waals surface area contributed by atoms with Crippen LogP contribution in [0.5, 0.6) is 0 Å². The van der Waals surface area contributed by atoms with Crippen molar-refractivity contribution in [3.05, 3.63) is 48.0 Å². The van der Waals surface area contributed by atoms with Crippen molar-refractivity contribution in [1.82, 2.24) is 14.7 Å². The third kappa shape index (κ3) is 4.36. The fourth-order valence-electron chi connectivity index (χ4n) is 3.81. The minimum Gasteiger partial charge on any atom is -0.383 e. The number of nitrogens with one attached hydrogen (secondary N) is 1. The third-order valence-electron chi connectivity index (χ3n) is 5.37. The summed E-state index contributed by atoms with van der Waals surface area (Å²) in [5, 5.41) is 7.24. The Hall–Kier alpha value is -2.25. The van der Waals surface area contributed by atoms with Gasteiger partial charge in [-0.05, 0) is 43.4 Å². The Morgan fingerprint density at radius 3 is 3.00 bits per heavy atom. The van der Waals surface area contributed by atoms with Gasteiger partial charge in [-0.3, -0.25) is 14.4 Å². The van der Waals surface area contributed by atoms with Crippen LogP contribution in [-0.2, 0) is 4.74 Å². The van der Waals surface area contributed by atoms with E-state index in [1.54, 1.807) is 19.4 Å². The number of likely N-dealkylation sites (tertiary alicyclic amines) is 1. The minimum absolute atomic E-state index is 0.267. The number of carbonyl (C=O) groups excluding carboxylic acids is 1. The van der Waals surface area contributed by atoms with E-state index in [9.17, 15) is 9.18 Å². The largest absolute Gasteiger partial charge is 0.383 e. The maximum Gasteiger partial charge on any atom is 0.255 e. The first-order valence-corrected chi connectivity index (χ1v) is 9.46. The standard InChI is InChI=1S/C20H25FN4O2/c1-27-13-19-8-18(12-24(19)10-14-5-6-14)25-11-17(9-22-25)23-20(26)15-3-2-4-16(21)7-15/h2-4,7,9,11,14,18-19H,5-6,8,10,12-13H2,1H3,(H,23,26)/t18-,19-/m0/s1.